The minimum Gasteiger partial charge on any atom is -0.384 e. The van der Waals surface area contributed by atoms with Gasteiger partial charge in [-0.25, -0.2) is 0 Å². The van der Waals surface area contributed by atoms with Crippen LogP contribution in [0.3, 0.4) is 0 Å². The van der Waals surface area contributed by atoms with E-state index in [0.29, 0.717) is 18.8 Å². The lowest BCUT2D eigenvalue weighted by Gasteiger charge is -2.37. The average molecular weight is 372 g/mol. The van der Waals surface area contributed by atoms with Gasteiger partial charge >= 0.3 is 0 Å². The first kappa shape index (κ1) is 17.5. The highest BCUT2D eigenvalue weighted by atomic mass is 79.9. The van der Waals surface area contributed by atoms with Crippen LogP contribution < -0.4 is 10.6 Å². The average Bonchev–Trinajstić information content (AvgIpc) is 2.89. The van der Waals surface area contributed by atoms with Crippen molar-refractivity contribution in [3.8, 4) is 0 Å². The number of aromatic nitrogens is 1. The Morgan fingerprint density at radius 3 is 2.77 bits per heavy atom. The lowest BCUT2D eigenvalue weighted by molar-refractivity contribution is 0.0509. The molecule has 0 radical (unpaired) electrons. The number of piperidine rings is 1. The minimum atomic E-state index is -0.0200. The maximum atomic E-state index is 12.6. The molecule has 2 heterocycles. The summed E-state index contributed by atoms with van der Waals surface area (Å²) in [4.78, 5) is 12.6. The molecule has 1 aromatic heterocycles. The number of hydrogen-bond donors (Lipinski definition) is 2. The first-order valence-electron chi connectivity index (χ1n) is 7.83. The van der Waals surface area contributed by atoms with Crippen molar-refractivity contribution < 1.29 is 9.53 Å². The number of methoxy groups -OCH3 is 1. The first-order valence-corrected chi connectivity index (χ1v) is 8.62. The standard InChI is InChI=1S/C16H26BrN3O2/c1-12(2)20-9-13(17)8-14(20)15(21)19-10-16(11-22-3)4-6-18-7-5-16/h8-9,12,18H,4-7,10-11H2,1-3H3,(H,19,21). The number of halogens is 1. The second-order valence-electron chi connectivity index (χ2n) is 6.41. The zero-order chi connectivity index (χ0) is 16.2. The molecular formula is C16H26BrN3O2. The molecule has 2 N–H and O–H groups in total. The van der Waals surface area contributed by atoms with Gasteiger partial charge in [-0.2, -0.15) is 0 Å². The van der Waals surface area contributed by atoms with Gasteiger partial charge < -0.3 is 19.9 Å². The number of hydrogen-bond acceptors (Lipinski definition) is 3. The molecule has 6 heteroatoms. The van der Waals surface area contributed by atoms with Crippen LogP contribution in [0.1, 0.15) is 43.2 Å². The van der Waals surface area contributed by atoms with Crippen molar-refractivity contribution in [2.75, 3.05) is 33.4 Å². The molecule has 0 spiro atoms. The molecule has 0 atom stereocenters. The van der Waals surface area contributed by atoms with Crippen molar-refractivity contribution in [1.82, 2.24) is 15.2 Å². The highest BCUT2D eigenvalue weighted by molar-refractivity contribution is 9.10. The molecule has 0 aromatic carbocycles. The SMILES string of the molecule is COCC1(CNC(=O)c2cc(Br)cn2C(C)C)CCNCC1. The minimum absolute atomic E-state index is 0.0200. The first-order chi connectivity index (χ1) is 10.5. The zero-order valence-corrected chi connectivity index (χ0v) is 15.2. The van der Waals surface area contributed by atoms with Crippen LogP contribution in [0.25, 0.3) is 0 Å². The fraction of sp³-hybridized carbons (Fsp3) is 0.688. The molecule has 0 unspecified atom stereocenters. The number of ether oxygens (including phenoxy) is 1. The van der Waals surface area contributed by atoms with Gasteiger partial charge in [0.15, 0.2) is 0 Å². The Kier molecular flexibility index (Phi) is 6.06. The molecule has 0 saturated carbocycles. The Labute approximate surface area is 140 Å². The van der Waals surface area contributed by atoms with Crippen molar-refractivity contribution in [3.05, 3.63) is 22.4 Å². The van der Waals surface area contributed by atoms with Gasteiger partial charge in [-0.1, -0.05) is 0 Å². The number of carbonyl (C=O) groups excluding carboxylic acids is 1. The number of nitrogens with zero attached hydrogens (tertiary/aromatic N) is 1. The molecule has 22 heavy (non-hydrogen) atoms. The summed E-state index contributed by atoms with van der Waals surface area (Å²) < 4.78 is 8.32. The van der Waals surface area contributed by atoms with E-state index in [-0.39, 0.29) is 17.4 Å². The third kappa shape index (κ3) is 4.12. The van der Waals surface area contributed by atoms with Crippen LogP contribution in [0.2, 0.25) is 0 Å². The normalized spacial score (nSPS) is 17.7. The third-order valence-corrected chi connectivity index (χ3v) is 4.78. The molecule has 1 amide bonds. The van der Waals surface area contributed by atoms with Gasteiger partial charge in [-0.05, 0) is 61.8 Å². The molecule has 1 aromatic rings. The van der Waals surface area contributed by atoms with Crippen LogP contribution in [-0.2, 0) is 4.74 Å². The van der Waals surface area contributed by atoms with E-state index < -0.39 is 0 Å². The fourth-order valence-electron chi connectivity index (χ4n) is 3.05. The van der Waals surface area contributed by atoms with Crippen molar-refractivity contribution in [2.24, 2.45) is 5.41 Å². The summed E-state index contributed by atoms with van der Waals surface area (Å²) in [6, 6.07) is 2.12. The molecule has 5 nitrogen and oxygen atoms in total. The summed E-state index contributed by atoms with van der Waals surface area (Å²) in [7, 11) is 1.73. The van der Waals surface area contributed by atoms with Gasteiger partial charge in [0, 0.05) is 35.8 Å². The molecule has 1 saturated heterocycles. The Bertz CT molecular complexity index is 502. The second-order valence-corrected chi connectivity index (χ2v) is 7.33. The molecule has 1 aliphatic heterocycles. The van der Waals surface area contributed by atoms with Crippen molar-refractivity contribution in [1.29, 1.82) is 0 Å². The maximum Gasteiger partial charge on any atom is 0.267 e. The predicted octanol–water partition coefficient (Wildman–Crippen LogP) is 2.58. The van der Waals surface area contributed by atoms with E-state index in [4.69, 9.17) is 4.74 Å². The zero-order valence-electron chi connectivity index (χ0n) is 13.6. The van der Waals surface area contributed by atoms with E-state index in [0.717, 1.165) is 30.4 Å². The molecule has 124 valence electrons. The van der Waals surface area contributed by atoms with Crippen molar-refractivity contribution in [2.45, 2.75) is 32.7 Å². The monoisotopic (exact) mass is 371 g/mol. The van der Waals surface area contributed by atoms with Gasteiger partial charge in [-0.15, -0.1) is 0 Å². The topological polar surface area (TPSA) is 55.3 Å². The Balaban J connectivity index is 2.05. The summed E-state index contributed by atoms with van der Waals surface area (Å²) in [5.74, 6) is -0.0200. The van der Waals surface area contributed by atoms with E-state index in [1.807, 2.05) is 16.8 Å². The molecule has 1 fully saturated rings. The van der Waals surface area contributed by atoms with Crippen molar-refractivity contribution in [3.63, 3.8) is 0 Å². The summed E-state index contributed by atoms with van der Waals surface area (Å²) in [5, 5.41) is 6.48. The summed E-state index contributed by atoms with van der Waals surface area (Å²) in [5.41, 5.74) is 0.741. The molecule has 0 aliphatic carbocycles. The molecule has 1 aliphatic rings. The van der Waals surface area contributed by atoms with Crippen LogP contribution in [0.5, 0.6) is 0 Å². The summed E-state index contributed by atoms with van der Waals surface area (Å²) in [6.45, 7) is 7.44. The molecular weight excluding hydrogens is 346 g/mol. The fourth-order valence-corrected chi connectivity index (χ4v) is 3.49. The van der Waals surface area contributed by atoms with Crippen LogP contribution >= 0.6 is 15.9 Å². The number of nitrogens with one attached hydrogen (secondary N) is 2. The summed E-state index contributed by atoms with van der Waals surface area (Å²) in [6.07, 6.45) is 4.00. The lowest BCUT2D eigenvalue weighted by atomic mass is 9.79. The molecule has 0 bridgehead atoms. The van der Waals surface area contributed by atoms with Gasteiger partial charge in [0.1, 0.15) is 5.69 Å². The lowest BCUT2D eigenvalue weighted by Crippen LogP contribution is -2.47. The van der Waals surface area contributed by atoms with E-state index in [9.17, 15) is 4.79 Å². The van der Waals surface area contributed by atoms with E-state index in [1.165, 1.54) is 0 Å². The quantitative estimate of drug-likeness (QED) is 0.807. The van der Waals surface area contributed by atoms with Gasteiger partial charge in [0.2, 0.25) is 0 Å². The Morgan fingerprint density at radius 2 is 2.18 bits per heavy atom. The summed E-state index contributed by atoms with van der Waals surface area (Å²) >= 11 is 3.45. The largest absolute Gasteiger partial charge is 0.384 e. The third-order valence-electron chi connectivity index (χ3n) is 4.34. The van der Waals surface area contributed by atoms with Crippen LogP contribution in [-0.4, -0.2) is 43.8 Å². The smallest absolute Gasteiger partial charge is 0.267 e. The Hall–Kier alpha value is -0.850. The van der Waals surface area contributed by atoms with Crippen LogP contribution in [0.15, 0.2) is 16.7 Å². The number of rotatable bonds is 6. The Morgan fingerprint density at radius 1 is 1.50 bits per heavy atom. The highest BCUT2D eigenvalue weighted by Gasteiger charge is 2.32. The van der Waals surface area contributed by atoms with Crippen molar-refractivity contribution >= 4 is 21.8 Å². The van der Waals surface area contributed by atoms with E-state index in [1.54, 1.807) is 7.11 Å². The predicted molar refractivity (Wildman–Crippen MR) is 91.3 cm³/mol. The number of carbonyl (C=O) groups is 1. The van der Waals surface area contributed by atoms with Gasteiger partial charge in [0.05, 0.1) is 6.61 Å². The van der Waals surface area contributed by atoms with E-state index >= 15 is 0 Å². The van der Waals surface area contributed by atoms with Crippen LogP contribution in [0.4, 0.5) is 0 Å². The second kappa shape index (κ2) is 7.62. The van der Waals surface area contributed by atoms with Gasteiger partial charge in [-0.3, -0.25) is 4.79 Å². The van der Waals surface area contributed by atoms with Crippen LogP contribution in [0, 0.1) is 5.41 Å². The highest BCUT2D eigenvalue weighted by Crippen LogP contribution is 2.28. The van der Waals surface area contributed by atoms with Gasteiger partial charge in [0.25, 0.3) is 5.91 Å². The maximum absolute atomic E-state index is 12.6. The molecule has 2 rings (SSSR count). The van der Waals surface area contributed by atoms with E-state index in [2.05, 4.69) is 40.4 Å². The number of amides is 1.